The lowest BCUT2D eigenvalue weighted by Gasteiger charge is -2.10. The molecule has 1 rings (SSSR count). The molecule has 0 unspecified atom stereocenters. The van der Waals surface area contributed by atoms with Gasteiger partial charge in [-0.2, -0.15) is 0 Å². The number of benzene rings is 1. The molecule has 0 amide bonds. The van der Waals surface area contributed by atoms with E-state index in [1.165, 1.54) is 0 Å². The summed E-state index contributed by atoms with van der Waals surface area (Å²) < 4.78 is 5.23. The highest BCUT2D eigenvalue weighted by atomic mass is 16.5. The van der Waals surface area contributed by atoms with Gasteiger partial charge >= 0.3 is 0 Å². The van der Waals surface area contributed by atoms with Crippen molar-refractivity contribution in [3.63, 3.8) is 0 Å². The summed E-state index contributed by atoms with van der Waals surface area (Å²) in [5, 5.41) is 8.55. The zero-order valence-electron chi connectivity index (χ0n) is 8.22. The molecule has 0 saturated heterocycles. The molecule has 0 saturated carbocycles. The molecular formula is C10H15NO2. The van der Waals surface area contributed by atoms with Crippen molar-refractivity contribution in [2.24, 2.45) is 0 Å². The van der Waals surface area contributed by atoms with Gasteiger partial charge in [0.25, 0.3) is 0 Å². The normalized spacial score (nSPS) is 10.2. The van der Waals surface area contributed by atoms with Crippen molar-refractivity contribution in [2.45, 2.75) is 20.4 Å². The van der Waals surface area contributed by atoms with E-state index in [-0.39, 0.29) is 0 Å². The molecule has 0 aliphatic heterocycles. The smallest absolute Gasteiger partial charge is 0.124 e. The van der Waals surface area contributed by atoms with Crippen molar-refractivity contribution in [1.29, 1.82) is 0 Å². The Kier molecular flexibility index (Phi) is 3.28. The third kappa shape index (κ3) is 2.20. The van der Waals surface area contributed by atoms with Crippen LogP contribution >= 0.6 is 0 Å². The van der Waals surface area contributed by atoms with Gasteiger partial charge in [0.15, 0.2) is 0 Å². The molecule has 0 heterocycles. The van der Waals surface area contributed by atoms with Gasteiger partial charge in [-0.15, -0.1) is 0 Å². The number of hydrogen-bond acceptors (Lipinski definition) is 3. The quantitative estimate of drug-likeness (QED) is 0.698. The Labute approximate surface area is 78.3 Å². The lowest BCUT2D eigenvalue weighted by Crippen LogP contribution is -2.06. The van der Waals surface area contributed by atoms with Gasteiger partial charge in [0, 0.05) is 6.54 Å². The van der Waals surface area contributed by atoms with Gasteiger partial charge in [0.1, 0.15) is 5.75 Å². The van der Waals surface area contributed by atoms with Crippen LogP contribution in [0.15, 0.2) is 12.1 Å². The first-order valence-corrected chi connectivity index (χ1v) is 4.20. The highest BCUT2D eigenvalue weighted by Gasteiger charge is 2.04. The minimum atomic E-state index is 0.464. The molecule has 72 valence electrons. The van der Waals surface area contributed by atoms with Crippen LogP contribution in [0.3, 0.4) is 0 Å². The molecule has 0 atom stereocenters. The fraction of sp³-hybridized carbons (Fsp3) is 0.400. The van der Waals surface area contributed by atoms with Crippen molar-refractivity contribution in [2.75, 3.05) is 7.11 Å². The molecule has 0 aliphatic rings. The maximum atomic E-state index is 8.55. The summed E-state index contributed by atoms with van der Waals surface area (Å²) >= 11 is 0. The van der Waals surface area contributed by atoms with Crippen LogP contribution in [0.1, 0.15) is 16.7 Å². The molecule has 13 heavy (non-hydrogen) atoms. The van der Waals surface area contributed by atoms with E-state index in [0.29, 0.717) is 6.54 Å². The average Bonchev–Trinajstić information content (AvgIpc) is 2.04. The second-order valence-corrected chi connectivity index (χ2v) is 3.10. The topological polar surface area (TPSA) is 41.5 Å². The van der Waals surface area contributed by atoms with Crippen LogP contribution in [0.5, 0.6) is 5.75 Å². The van der Waals surface area contributed by atoms with Crippen LogP contribution in [0.4, 0.5) is 0 Å². The van der Waals surface area contributed by atoms with Crippen LogP contribution in [0, 0.1) is 13.8 Å². The van der Waals surface area contributed by atoms with E-state index in [0.717, 1.165) is 22.4 Å². The number of rotatable bonds is 3. The molecular weight excluding hydrogens is 166 g/mol. The lowest BCUT2D eigenvalue weighted by atomic mass is 10.1. The van der Waals surface area contributed by atoms with Gasteiger partial charge in [-0.05, 0) is 30.5 Å². The van der Waals surface area contributed by atoms with Crippen molar-refractivity contribution in [1.82, 2.24) is 5.48 Å². The van der Waals surface area contributed by atoms with E-state index < -0.39 is 0 Å². The standard InChI is InChI=1S/C10H15NO2/c1-7-4-9(6-11-12)5-8(2)10(7)13-3/h4-5,11-12H,6H2,1-3H3. The monoisotopic (exact) mass is 181 g/mol. The number of aryl methyl sites for hydroxylation is 2. The third-order valence-electron chi connectivity index (χ3n) is 2.01. The molecule has 3 heteroatoms. The fourth-order valence-electron chi connectivity index (χ4n) is 1.56. The molecule has 0 bridgehead atoms. The van der Waals surface area contributed by atoms with E-state index in [2.05, 4.69) is 5.48 Å². The van der Waals surface area contributed by atoms with E-state index in [1.54, 1.807) is 7.11 Å². The molecule has 0 aliphatic carbocycles. The predicted molar refractivity (Wildman–Crippen MR) is 51.1 cm³/mol. The minimum absolute atomic E-state index is 0.464. The van der Waals surface area contributed by atoms with Crippen molar-refractivity contribution in [3.8, 4) is 5.75 Å². The van der Waals surface area contributed by atoms with Gasteiger partial charge < -0.3 is 9.94 Å². The number of nitrogens with one attached hydrogen (secondary N) is 1. The summed E-state index contributed by atoms with van der Waals surface area (Å²) in [5.74, 6) is 0.918. The molecule has 0 aromatic heterocycles. The predicted octanol–water partition coefficient (Wildman–Crippen LogP) is 1.79. The maximum Gasteiger partial charge on any atom is 0.124 e. The Balaban J connectivity index is 3.05. The van der Waals surface area contributed by atoms with Crippen LogP contribution in [0.25, 0.3) is 0 Å². The Morgan fingerprint density at radius 2 is 1.85 bits per heavy atom. The molecule has 1 aromatic rings. The van der Waals surface area contributed by atoms with Gasteiger partial charge in [0.2, 0.25) is 0 Å². The Hall–Kier alpha value is -1.06. The SMILES string of the molecule is COc1c(C)cc(CNO)cc1C. The molecule has 3 nitrogen and oxygen atoms in total. The molecule has 0 fully saturated rings. The maximum absolute atomic E-state index is 8.55. The lowest BCUT2D eigenvalue weighted by molar-refractivity contribution is 0.161. The summed E-state index contributed by atoms with van der Waals surface area (Å²) in [6.45, 7) is 4.45. The average molecular weight is 181 g/mol. The molecule has 0 radical (unpaired) electrons. The highest BCUT2D eigenvalue weighted by Crippen LogP contribution is 2.23. The van der Waals surface area contributed by atoms with E-state index in [1.807, 2.05) is 26.0 Å². The zero-order valence-corrected chi connectivity index (χ0v) is 8.22. The largest absolute Gasteiger partial charge is 0.496 e. The summed E-state index contributed by atoms with van der Waals surface area (Å²) in [6.07, 6.45) is 0. The number of hydrogen-bond donors (Lipinski definition) is 2. The van der Waals surface area contributed by atoms with Gasteiger partial charge in [-0.3, -0.25) is 0 Å². The van der Waals surface area contributed by atoms with Crippen LogP contribution in [-0.2, 0) is 6.54 Å². The Morgan fingerprint density at radius 1 is 1.31 bits per heavy atom. The molecule has 2 N–H and O–H groups in total. The Bertz CT molecular complexity index is 274. The van der Waals surface area contributed by atoms with Crippen LogP contribution in [-0.4, -0.2) is 12.3 Å². The first-order chi connectivity index (χ1) is 6.19. The van der Waals surface area contributed by atoms with Crippen molar-refractivity contribution < 1.29 is 9.94 Å². The summed E-state index contributed by atoms with van der Waals surface area (Å²) in [4.78, 5) is 0. The second-order valence-electron chi connectivity index (χ2n) is 3.10. The summed E-state index contributed by atoms with van der Waals surface area (Å²) in [5.41, 5.74) is 5.37. The van der Waals surface area contributed by atoms with Crippen LogP contribution < -0.4 is 10.2 Å². The zero-order chi connectivity index (χ0) is 9.84. The third-order valence-corrected chi connectivity index (χ3v) is 2.01. The van der Waals surface area contributed by atoms with Crippen molar-refractivity contribution >= 4 is 0 Å². The highest BCUT2D eigenvalue weighted by molar-refractivity contribution is 5.43. The first-order valence-electron chi connectivity index (χ1n) is 4.20. The van der Waals surface area contributed by atoms with Gasteiger partial charge in [-0.25, -0.2) is 5.48 Å². The minimum Gasteiger partial charge on any atom is -0.496 e. The summed E-state index contributed by atoms with van der Waals surface area (Å²) in [7, 11) is 1.67. The van der Waals surface area contributed by atoms with Crippen molar-refractivity contribution in [3.05, 3.63) is 28.8 Å². The van der Waals surface area contributed by atoms with E-state index in [4.69, 9.17) is 9.94 Å². The van der Waals surface area contributed by atoms with E-state index in [9.17, 15) is 0 Å². The Morgan fingerprint density at radius 3 is 2.23 bits per heavy atom. The molecule has 0 spiro atoms. The number of hydroxylamine groups is 1. The second kappa shape index (κ2) is 4.25. The van der Waals surface area contributed by atoms with Gasteiger partial charge in [0.05, 0.1) is 7.11 Å². The first kappa shape index (κ1) is 10.0. The molecule has 1 aromatic carbocycles. The van der Waals surface area contributed by atoms with Crippen LogP contribution in [0.2, 0.25) is 0 Å². The number of ether oxygens (including phenoxy) is 1. The summed E-state index contributed by atoms with van der Waals surface area (Å²) in [6, 6.07) is 3.99. The van der Waals surface area contributed by atoms with Gasteiger partial charge in [-0.1, -0.05) is 12.1 Å². The number of methoxy groups -OCH3 is 1. The van der Waals surface area contributed by atoms with E-state index >= 15 is 0 Å². The fourth-order valence-corrected chi connectivity index (χ4v) is 1.56.